The number of hydrazine groups is 1. The lowest BCUT2D eigenvalue weighted by molar-refractivity contribution is -0.130. The molecule has 0 bridgehead atoms. The molecule has 154 valence electrons. The first kappa shape index (κ1) is 20.9. The van der Waals surface area contributed by atoms with Crippen LogP contribution in [0.5, 0.6) is 5.75 Å². The fourth-order valence-electron chi connectivity index (χ4n) is 3.01. The number of nitriles is 1. The number of nitrogens with zero attached hydrogens (tertiary/aromatic N) is 3. The van der Waals surface area contributed by atoms with E-state index < -0.39 is 5.91 Å². The van der Waals surface area contributed by atoms with Gasteiger partial charge in [0.05, 0.1) is 16.6 Å². The third-order valence-corrected chi connectivity index (χ3v) is 4.50. The van der Waals surface area contributed by atoms with Crippen LogP contribution in [-0.4, -0.2) is 28.0 Å². The summed E-state index contributed by atoms with van der Waals surface area (Å²) in [5.74, 6) is 0.252. The second-order valence-electron chi connectivity index (χ2n) is 6.70. The van der Waals surface area contributed by atoms with Crippen LogP contribution in [0.2, 0.25) is 0 Å². The first-order valence-electron chi connectivity index (χ1n) is 9.76. The lowest BCUT2D eigenvalue weighted by atomic mass is 10.2. The Morgan fingerprint density at radius 2 is 1.83 bits per heavy atom. The number of benzene rings is 2. The molecule has 0 aliphatic heterocycles. The van der Waals surface area contributed by atoms with Crippen molar-refractivity contribution in [2.24, 2.45) is 0 Å². The molecular formula is C22H23N5O3. The number of aryl methyl sites for hydroxylation is 1. The molecule has 0 saturated heterocycles. The molecule has 8 heteroatoms. The molecule has 2 amide bonds. The maximum Gasteiger partial charge on any atom is 0.276 e. The van der Waals surface area contributed by atoms with Gasteiger partial charge in [-0.25, -0.2) is 4.98 Å². The van der Waals surface area contributed by atoms with E-state index in [1.807, 2.05) is 34.9 Å². The SMILES string of the molecule is CCCCc1nc2ccccc2n1CC(=O)NNC(=O)COc1ccccc1C#N. The quantitative estimate of drug-likeness (QED) is 0.560. The van der Waals surface area contributed by atoms with Crippen molar-refractivity contribution in [3.63, 3.8) is 0 Å². The number of carbonyl (C=O) groups excluding carboxylic acids is 2. The Morgan fingerprint density at radius 1 is 1.10 bits per heavy atom. The van der Waals surface area contributed by atoms with Crippen LogP contribution in [0, 0.1) is 11.3 Å². The van der Waals surface area contributed by atoms with E-state index in [-0.39, 0.29) is 19.1 Å². The van der Waals surface area contributed by atoms with Crippen LogP contribution in [0.25, 0.3) is 11.0 Å². The third kappa shape index (κ3) is 5.14. The standard InChI is InChI=1S/C22H23N5O3/c1-2-3-12-20-24-17-9-5-6-10-18(17)27(20)14-21(28)25-26-22(29)15-30-19-11-7-4-8-16(19)13-23/h4-11H,2-3,12,14-15H2,1H3,(H,25,28)(H,26,29). The third-order valence-electron chi connectivity index (χ3n) is 4.50. The molecule has 0 fully saturated rings. The molecule has 0 atom stereocenters. The Morgan fingerprint density at radius 3 is 2.63 bits per heavy atom. The maximum atomic E-state index is 12.4. The number of amides is 2. The average molecular weight is 405 g/mol. The molecule has 2 aromatic carbocycles. The van der Waals surface area contributed by atoms with Crippen molar-refractivity contribution >= 4 is 22.8 Å². The van der Waals surface area contributed by atoms with Gasteiger partial charge in [-0.2, -0.15) is 5.26 Å². The van der Waals surface area contributed by atoms with Gasteiger partial charge in [-0.15, -0.1) is 0 Å². The fraction of sp³-hybridized carbons (Fsp3) is 0.273. The van der Waals surface area contributed by atoms with Crippen molar-refractivity contribution in [3.05, 3.63) is 59.9 Å². The first-order valence-corrected chi connectivity index (χ1v) is 9.76. The van der Waals surface area contributed by atoms with Crippen molar-refractivity contribution in [2.75, 3.05) is 6.61 Å². The predicted molar refractivity (Wildman–Crippen MR) is 111 cm³/mol. The highest BCUT2D eigenvalue weighted by atomic mass is 16.5. The normalized spacial score (nSPS) is 10.4. The van der Waals surface area contributed by atoms with Gasteiger partial charge in [0.15, 0.2) is 6.61 Å². The molecule has 3 aromatic rings. The zero-order valence-electron chi connectivity index (χ0n) is 16.7. The monoisotopic (exact) mass is 405 g/mol. The van der Waals surface area contributed by atoms with Crippen LogP contribution in [-0.2, 0) is 22.6 Å². The number of ether oxygens (including phenoxy) is 1. The molecule has 0 unspecified atom stereocenters. The van der Waals surface area contributed by atoms with Crippen LogP contribution in [0.4, 0.5) is 0 Å². The second kappa shape index (κ2) is 10.1. The molecule has 1 heterocycles. The number of rotatable bonds is 8. The summed E-state index contributed by atoms with van der Waals surface area (Å²) in [6.07, 6.45) is 2.78. The Bertz CT molecular complexity index is 1080. The van der Waals surface area contributed by atoms with E-state index in [1.165, 1.54) is 0 Å². The summed E-state index contributed by atoms with van der Waals surface area (Å²) in [5, 5.41) is 9.04. The van der Waals surface area contributed by atoms with Crippen molar-refractivity contribution in [2.45, 2.75) is 32.7 Å². The largest absolute Gasteiger partial charge is 0.482 e. The highest BCUT2D eigenvalue weighted by molar-refractivity contribution is 5.84. The lowest BCUT2D eigenvalue weighted by Gasteiger charge is -2.11. The Labute approximate surface area is 174 Å². The van der Waals surface area contributed by atoms with E-state index in [4.69, 9.17) is 10.00 Å². The van der Waals surface area contributed by atoms with Gasteiger partial charge in [-0.3, -0.25) is 20.4 Å². The summed E-state index contributed by atoms with van der Waals surface area (Å²) in [6.45, 7) is 1.82. The molecule has 0 spiro atoms. The zero-order chi connectivity index (χ0) is 21.3. The van der Waals surface area contributed by atoms with E-state index in [2.05, 4.69) is 22.8 Å². The summed E-state index contributed by atoms with van der Waals surface area (Å²) in [4.78, 5) is 29.0. The van der Waals surface area contributed by atoms with E-state index >= 15 is 0 Å². The van der Waals surface area contributed by atoms with E-state index in [9.17, 15) is 9.59 Å². The molecule has 3 rings (SSSR count). The molecule has 30 heavy (non-hydrogen) atoms. The highest BCUT2D eigenvalue weighted by Crippen LogP contribution is 2.18. The van der Waals surface area contributed by atoms with Gasteiger partial charge < -0.3 is 9.30 Å². The summed E-state index contributed by atoms with van der Waals surface area (Å²) >= 11 is 0. The molecule has 0 saturated carbocycles. The van der Waals surface area contributed by atoms with E-state index in [0.717, 1.165) is 36.1 Å². The Balaban J connectivity index is 1.57. The van der Waals surface area contributed by atoms with Crippen LogP contribution < -0.4 is 15.6 Å². The van der Waals surface area contributed by atoms with Gasteiger partial charge in [0, 0.05) is 6.42 Å². The van der Waals surface area contributed by atoms with Gasteiger partial charge in [0.1, 0.15) is 24.2 Å². The van der Waals surface area contributed by atoms with Crippen LogP contribution in [0.15, 0.2) is 48.5 Å². The van der Waals surface area contributed by atoms with Gasteiger partial charge in [-0.05, 0) is 30.7 Å². The Hall–Kier alpha value is -3.86. The molecule has 1 aromatic heterocycles. The summed E-state index contributed by atoms with van der Waals surface area (Å²) in [5.41, 5.74) is 6.78. The second-order valence-corrected chi connectivity index (χ2v) is 6.70. The first-order chi connectivity index (χ1) is 14.6. The molecule has 2 N–H and O–H groups in total. The number of fused-ring (bicyclic) bond motifs is 1. The Kier molecular flexibility index (Phi) is 7.00. The lowest BCUT2D eigenvalue weighted by Crippen LogP contribution is -2.45. The average Bonchev–Trinajstić information content (AvgIpc) is 3.12. The van der Waals surface area contributed by atoms with Crippen molar-refractivity contribution in [1.29, 1.82) is 5.26 Å². The molecular weight excluding hydrogens is 382 g/mol. The van der Waals surface area contributed by atoms with Gasteiger partial charge in [0.2, 0.25) is 0 Å². The minimum absolute atomic E-state index is 0.0396. The molecule has 0 aliphatic carbocycles. The maximum absolute atomic E-state index is 12.4. The number of imidazole rings is 1. The minimum atomic E-state index is -0.530. The van der Waals surface area contributed by atoms with E-state index in [1.54, 1.807) is 24.3 Å². The van der Waals surface area contributed by atoms with Crippen molar-refractivity contribution < 1.29 is 14.3 Å². The highest BCUT2D eigenvalue weighted by Gasteiger charge is 2.14. The number of unbranched alkanes of at least 4 members (excludes halogenated alkanes) is 1. The topological polar surface area (TPSA) is 109 Å². The van der Waals surface area contributed by atoms with Gasteiger partial charge >= 0.3 is 0 Å². The summed E-state index contributed by atoms with van der Waals surface area (Å²) < 4.78 is 7.22. The zero-order valence-corrected chi connectivity index (χ0v) is 16.7. The van der Waals surface area contributed by atoms with Crippen molar-refractivity contribution in [3.8, 4) is 11.8 Å². The van der Waals surface area contributed by atoms with Crippen LogP contribution in [0.3, 0.4) is 0 Å². The van der Waals surface area contributed by atoms with Crippen molar-refractivity contribution in [1.82, 2.24) is 20.4 Å². The number of hydrogen-bond donors (Lipinski definition) is 2. The molecule has 0 aliphatic rings. The number of hydrogen-bond acceptors (Lipinski definition) is 5. The summed E-state index contributed by atoms with van der Waals surface area (Å²) in [6, 6.07) is 16.3. The predicted octanol–water partition coefficient (Wildman–Crippen LogP) is 2.48. The van der Waals surface area contributed by atoms with Gasteiger partial charge in [-0.1, -0.05) is 37.6 Å². The van der Waals surface area contributed by atoms with Gasteiger partial charge in [0.25, 0.3) is 11.8 Å². The fourth-order valence-corrected chi connectivity index (χ4v) is 3.01. The number of nitrogens with one attached hydrogen (secondary N) is 2. The van der Waals surface area contributed by atoms with Crippen LogP contribution in [0.1, 0.15) is 31.2 Å². The number of aromatic nitrogens is 2. The van der Waals surface area contributed by atoms with E-state index in [0.29, 0.717) is 11.3 Å². The van der Waals surface area contributed by atoms with Crippen LogP contribution >= 0.6 is 0 Å². The number of carbonyl (C=O) groups is 2. The smallest absolute Gasteiger partial charge is 0.276 e. The minimum Gasteiger partial charge on any atom is -0.482 e. The number of para-hydroxylation sites is 3. The molecule has 8 nitrogen and oxygen atoms in total. The summed E-state index contributed by atoms with van der Waals surface area (Å²) in [7, 11) is 0. The molecule has 0 radical (unpaired) electrons.